The van der Waals surface area contributed by atoms with E-state index in [9.17, 15) is 9.59 Å². The molecule has 0 aromatic heterocycles. The van der Waals surface area contributed by atoms with E-state index in [4.69, 9.17) is 4.99 Å². The van der Waals surface area contributed by atoms with Crippen molar-refractivity contribution in [2.45, 2.75) is 59.4 Å². The van der Waals surface area contributed by atoms with Crippen molar-refractivity contribution in [2.75, 3.05) is 26.2 Å². The van der Waals surface area contributed by atoms with Crippen LogP contribution in [0.1, 0.15) is 53.9 Å². The van der Waals surface area contributed by atoms with Gasteiger partial charge in [0, 0.05) is 26.2 Å². The predicted molar refractivity (Wildman–Crippen MR) is 99.4 cm³/mol. The van der Waals surface area contributed by atoms with Crippen LogP contribution in [-0.4, -0.2) is 54.5 Å². The number of hydrogen-bond acceptors (Lipinski definition) is 3. The van der Waals surface area contributed by atoms with Gasteiger partial charge in [-0.3, -0.25) is 15.1 Å². The maximum Gasteiger partial charge on any atom is 0.322 e. The summed E-state index contributed by atoms with van der Waals surface area (Å²) in [6.45, 7) is 13.9. The fourth-order valence-electron chi connectivity index (χ4n) is 3.44. The van der Waals surface area contributed by atoms with E-state index >= 15 is 0 Å². The Morgan fingerprint density at radius 1 is 1.32 bits per heavy atom. The van der Waals surface area contributed by atoms with Crippen LogP contribution in [0.3, 0.4) is 0 Å². The normalized spacial score (nSPS) is 25.8. The SMILES string of the molecule is CCNC(=NCCC(C)(C)C)N1CCC(C2(C)NC(=O)NC2=O)CC1. The molecule has 0 aromatic rings. The average molecular weight is 351 g/mol. The molecule has 2 aliphatic heterocycles. The Bertz CT molecular complexity index is 532. The molecule has 2 aliphatic rings. The van der Waals surface area contributed by atoms with Crippen molar-refractivity contribution < 1.29 is 9.59 Å². The van der Waals surface area contributed by atoms with E-state index < -0.39 is 5.54 Å². The molecular formula is C18H33N5O2. The number of nitrogens with one attached hydrogen (secondary N) is 3. The van der Waals surface area contributed by atoms with Gasteiger partial charge in [0.1, 0.15) is 5.54 Å². The summed E-state index contributed by atoms with van der Waals surface area (Å²) in [7, 11) is 0. The zero-order valence-electron chi connectivity index (χ0n) is 16.2. The Hall–Kier alpha value is -1.79. The second kappa shape index (κ2) is 7.62. The van der Waals surface area contributed by atoms with Crippen molar-refractivity contribution in [2.24, 2.45) is 16.3 Å². The molecule has 2 fully saturated rings. The van der Waals surface area contributed by atoms with Crippen LogP contribution in [0.25, 0.3) is 0 Å². The molecule has 7 nitrogen and oxygen atoms in total. The van der Waals surface area contributed by atoms with Crippen LogP contribution in [0.5, 0.6) is 0 Å². The second-order valence-electron chi connectivity index (χ2n) is 8.42. The van der Waals surface area contributed by atoms with Gasteiger partial charge in [-0.2, -0.15) is 0 Å². The molecule has 0 saturated carbocycles. The van der Waals surface area contributed by atoms with Gasteiger partial charge in [0.15, 0.2) is 5.96 Å². The fraction of sp³-hybridized carbons (Fsp3) is 0.833. The number of carbonyl (C=O) groups is 2. The number of amides is 3. The number of likely N-dealkylation sites (tertiary alicyclic amines) is 1. The van der Waals surface area contributed by atoms with Crippen molar-refractivity contribution in [1.82, 2.24) is 20.9 Å². The highest BCUT2D eigenvalue weighted by molar-refractivity contribution is 6.07. The van der Waals surface area contributed by atoms with Gasteiger partial charge in [-0.25, -0.2) is 4.79 Å². The zero-order chi connectivity index (χ0) is 18.7. The van der Waals surface area contributed by atoms with Crippen LogP contribution in [0.2, 0.25) is 0 Å². The molecule has 0 spiro atoms. The monoisotopic (exact) mass is 351 g/mol. The van der Waals surface area contributed by atoms with E-state index in [1.54, 1.807) is 0 Å². The van der Waals surface area contributed by atoms with Crippen molar-refractivity contribution in [1.29, 1.82) is 0 Å². The van der Waals surface area contributed by atoms with Gasteiger partial charge in [-0.15, -0.1) is 0 Å². The second-order valence-corrected chi connectivity index (χ2v) is 8.42. The first-order valence-electron chi connectivity index (χ1n) is 9.32. The summed E-state index contributed by atoms with van der Waals surface area (Å²) in [6, 6.07) is -0.382. The molecule has 1 atom stereocenters. The summed E-state index contributed by atoms with van der Waals surface area (Å²) in [6.07, 6.45) is 2.75. The van der Waals surface area contributed by atoms with Gasteiger partial charge in [-0.1, -0.05) is 20.8 Å². The van der Waals surface area contributed by atoms with Crippen LogP contribution < -0.4 is 16.0 Å². The van der Waals surface area contributed by atoms with Gasteiger partial charge in [0.05, 0.1) is 0 Å². The quantitative estimate of drug-likeness (QED) is 0.409. The lowest BCUT2D eigenvalue weighted by molar-refractivity contribution is -0.125. The molecule has 0 aliphatic carbocycles. The molecule has 3 amide bonds. The molecule has 2 saturated heterocycles. The van der Waals surface area contributed by atoms with E-state index in [0.717, 1.165) is 51.4 Å². The number of guanidine groups is 1. The number of nitrogens with zero attached hydrogens (tertiary/aromatic N) is 2. The topological polar surface area (TPSA) is 85.8 Å². The number of hydrogen-bond donors (Lipinski definition) is 3. The molecule has 2 heterocycles. The van der Waals surface area contributed by atoms with E-state index in [1.807, 2.05) is 6.92 Å². The number of urea groups is 1. The van der Waals surface area contributed by atoms with E-state index in [2.05, 4.69) is 48.5 Å². The first-order valence-corrected chi connectivity index (χ1v) is 9.32. The van der Waals surface area contributed by atoms with E-state index in [1.165, 1.54) is 0 Å². The van der Waals surface area contributed by atoms with Crippen molar-refractivity contribution >= 4 is 17.9 Å². The van der Waals surface area contributed by atoms with Crippen LogP contribution in [0, 0.1) is 11.3 Å². The van der Waals surface area contributed by atoms with Crippen LogP contribution in [0.15, 0.2) is 4.99 Å². The standard InChI is InChI=1S/C18H33N5O2/c1-6-19-15(20-10-9-17(2,3)4)23-11-7-13(8-12-23)18(5)14(24)21-16(25)22-18/h13H,6-12H2,1-5H3,(H,19,20)(H2,21,22,24,25). The Balaban J connectivity index is 1.95. The molecule has 0 radical (unpaired) electrons. The molecule has 25 heavy (non-hydrogen) atoms. The maximum absolute atomic E-state index is 12.1. The summed E-state index contributed by atoms with van der Waals surface area (Å²) in [5.41, 5.74) is -0.513. The lowest BCUT2D eigenvalue weighted by Crippen LogP contribution is -2.55. The highest BCUT2D eigenvalue weighted by Gasteiger charge is 2.48. The maximum atomic E-state index is 12.1. The summed E-state index contributed by atoms with van der Waals surface area (Å²) < 4.78 is 0. The lowest BCUT2D eigenvalue weighted by Gasteiger charge is -2.39. The van der Waals surface area contributed by atoms with E-state index in [-0.39, 0.29) is 23.3 Å². The Kier molecular flexibility index (Phi) is 5.95. The molecule has 3 N–H and O–H groups in total. The molecule has 142 valence electrons. The minimum Gasteiger partial charge on any atom is -0.357 e. The number of carbonyl (C=O) groups excluding carboxylic acids is 2. The van der Waals surface area contributed by atoms with Crippen molar-refractivity contribution in [3.8, 4) is 0 Å². The Morgan fingerprint density at radius 2 is 1.96 bits per heavy atom. The van der Waals surface area contributed by atoms with Gasteiger partial charge >= 0.3 is 6.03 Å². The van der Waals surface area contributed by atoms with Crippen LogP contribution >= 0.6 is 0 Å². The molecule has 2 rings (SSSR count). The highest BCUT2D eigenvalue weighted by Crippen LogP contribution is 2.30. The number of piperidine rings is 1. The molecule has 1 unspecified atom stereocenters. The van der Waals surface area contributed by atoms with Gasteiger partial charge < -0.3 is 15.5 Å². The first-order chi connectivity index (χ1) is 11.7. The Labute approximate surface area is 151 Å². The molecule has 0 bridgehead atoms. The summed E-state index contributed by atoms with van der Waals surface area (Å²) in [5, 5.41) is 8.54. The van der Waals surface area contributed by atoms with Crippen molar-refractivity contribution in [3.05, 3.63) is 0 Å². The molecule has 0 aromatic carbocycles. The highest BCUT2D eigenvalue weighted by atomic mass is 16.2. The minimum absolute atomic E-state index is 0.146. The predicted octanol–water partition coefficient (Wildman–Crippen LogP) is 1.70. The average Bonchev–Trinajstić information content (AvgIpc) is 2.79. The van der Waals surface area contributed by atoms with Crippen LogP contribution in [-0.2, 0) is 4.79 Å². The van der Waals surface area contributed by atoms with Crippen LogP contribution in [0.4, 0.5) is 4.79 Å². The Morgan fingerprint density at radius 3 is 2.44 bits per heavy atom. The zero-order valence-corrected chi connectivity index (χ0v) is 16.2. The largest absolute Gasteiger partial charge is 0.357 e. The summed E-state index contributed by atoms with van der Waals surface area (Å²) in [4.78, 5) is 30.6. The fourth-order valence-corrected chi connectivity index (χ4v) is 3.44. The smallest absolute Gasteiger partial charge is 0.322 e. The third-order valence-corrected chi connectivity index (χ3v) is 5.14. The minimum atomic E-state index is -0.787. The van der Waals surface area contributed by atoms with Gasteiger partial charge in [0.2, 0.25) is 0 Å². The van der Waals surface area contributed by atoms with Gasteiger partial charge in [-0.05, 0) is 44.4 Å². The lowest BCUT2D eigenvalue weighted by atomic mass is 9.79. The molecule has 7 heteroatoms. The first kappa shape index (κ1) is 19.5. The number of aliphatic imine (C=N–C) groups is 1. The van der Waals surface area contributed by atoms with Crippen molar-refractivity contribution in [3.63, 3.8) is 0 Å². The van der Waals surface area contributed by atoms with Gasteiger partial charge in [0.25, 0.3) is 5.91 Å². The summed E-state index contributed by atoms with van der Waals surface area (Å²) in [5.74, 6) is 0.893. The summed E-state index contributed by atoms with van der Waals surface area (Å²) >= 11 is 0. The van der Waals surface area contributed by atoms with E-state index in [0.29, 0.717) is 0 Å². The molecular weight excluding hydrogens is 318 g/mol. The third-order valence-electron chi connectivity index (χ3n) is 5.14. The number of imide groups is 1. The number of rotatable bonds is 4. The third kappa shape index (κ3) is 4.86.